The maximum Gasteiger partial charge on any atom is 0.251 e. The van der Waals surface area contributed by atoms with E-state index in [0.29, 0.717) is 5.56 Å². The summed E-state index contributed by atoms with van der Waals surface area (Å²) in [6, 6.07) is 11.4. The fourth-order valence-electron chi connectivity index (χ4n) is 3.83. The number of furan rings is 1. The predicted octanol–water partition coefficient (Wildman–Crippen LogP) is 4.31. The Balaban J connectivity index is 1.45. The first-order chi connectivity index (χ1) is 13.1. The number of nitrogens with zero attached hydrogens (tertiary/aromatic N) is 1. The third kappa shape index (κ3) is 3.60. The number of carbonyl (C=O) groups is 1. The Morgan fingerprint density at radius 2 is 1.96 bits per heavy atom. The molecule has 1 fully saturated rings. The molecule has 1 aromatic carbocycles. The monoisotopic (exact) mass is 364 g/mol. The minimum Gasteiger partial charge on any atom is -0.464 e. The van der Waals surface area contributed by atoms with Gasteiger partial charge in [0.25, 0.3) is 5.91 Å². The summed E-state index contributed by atoms with van der Waals surface area (Å²) in [5.74, 6) is -0.0667. The SMILES string of the molecule is CC[C@]1(O)CC[C@@H](NC(=O)c2ccc(-c3nccc4occc34)cc2)CC1. The lowest BCUT2D eigenvalue weighted by atomic mass is 9.80. The number of hydrogen-bond acceptors (Lipinski definition) is 4. The molecule has 0 saturated heterocycles. The number of amides is 1. The van der Waals surface area contributed by atoms with Gasteiger partial charge in [0.05, 0.1) is 17.6 Å². The van der Waals surface area contributed by atoms with Crippen LogP contribution in [0.5, 0.6) is 0 Å². The van der Waals surface area contributed by atoms with E-state index in [9.17, 15) is 9.90 Å². The van der Waals surface area contributed by atoms with E-state index in [1.165, 1.54) is 0 Å². The second-order valence-electron chi connectivity index (χ2n) is 7.39. The third-order valence-electron chi connectivity index (χ3n) is 5.71. The van der Waals surface area contributed by atoms with Gasteiger partial charge in [-0.15, -0.1) is 0 Å². The summed E-state index contributed by atoms with van der Waals surface area (Å²) in [5.41, 5.74) is 2.67. The van der Waals surface area contributed by atoms with Gasteiger partial charge in [-0.1, -0.05) is 19.1 Å². The molecule has 0 aliphatic heterocycles. The zero-order valence-electron chi connectivity index (χ0n) is 15.4. The maximum atomic E-state index is 12.6. The summed E-state index contributed by atoms with van der Waals surface area (Å²) < 4.78 is 5.43. The quantitative estimate of drug-likeness (QED) is 0.723. The van der Waals surface area contributed by atoms with Crippen molar-refractivity contribution in [1.82, 2.24) is 10.3 Å². The van der Waals surface area contributed by atoms with Gasteiger partial charge in [-0.3, -0.25) is 9.78 Å². The zero-order chi connectivity index (χ0) is 18.9. The predicted molar refractivity (Wildman–Crippen MR) is 104 cm³/mol. The molecule has 2 aromatic heterocycles. The first kappa shape index (κ1) is 17.7. The number of aromatic nitrogens is 1. The highest BCUT2D eigenvalue weighted by Gasteiger charge is 2.32. The minimum atomic E-state index is -0.552. The third-order valence-corrected chi connectivity index (χ3v) is 5.71. The molecule has 2 N–H and O–H groups in total. The summed E-state index contributed by atoms with van der Waals surface area (Å²) >= 11 is 0. The van der Waals surface area contributed by atoms with Gasteiger partial charge in [-0.25, -0.2) is 0 Å². The fourth-order valence-corrected chi connectivity index (χ4v) is 3.83. The van der Waals surface area contributed by atoms with Crippen molar-refractivity contribution in [2.24, 2.45) is 0 Å². The molecule has 1 aliphatic rings. The lowest BCUT2D eigenvalue weighted by molar-refractivity contribution is -0.00652. The highest BCUT2D eigenvalue weighted by atomic mass is 16.3. The Kier molecular flexibility index (Phi) is 4.70. The molecule has 1 saturated carbocycles. The van der Waals surface area contributed by atoms with Gasteiger partial charge < -0.3 is 14.8 Å². The molecule has 2 heterocycles. The van der Waals surface area contributed by atoms with Gasteiger partial charge in [0.2, 0.25) is 0 Å². The van der Waals surface area contributed by atoms with Gasteiger partial charge in [0, 0.05) is 28.8 Å². The molecule has 0 spiro atoms. The number of pyridine rings is 1. The molecule has 27 heavy (non-hydrogen) atoms. The Morgan fingerprint density at radius 3 is 2.67 bits per heavy atom. The fraction of sp³-hybridized carbons (Fsp3) is 0.364. The van der Waals surface area contributed by atoms with E-state index in [2.05, 4.69) is 10.3 Å². The standard InChI is InChI=1S/C22H24N2O3/c1-2-22(26)11-7-17(8-12-22)24-21(25)16-5-3-15(4-6-16)20-18-10-14-27-19(18)9-13-23-20/h3-6,9-10,13-14,17,26H,2,7-8,11-12H2,1H3,(H,24,25)/t17-,22+. The van der Waals surface area contributed by atoms with Crippen LogP contribution in [0.1, 0.15) is 49.4 Å². The number of fused-ring (bicyclic) bond motifs is 1. The molecule has 5 heteroatoms. The van der Waals surface area contributed by atoms with Gasteiger partial charge in [-0.2, -0.15) is 0 Å². The molecule has 0 radical (unpaired) electrons. The van der Waals surface area contributed by atoms with Crippen LogP contribution >= 0.6 is 0 Å². The number of hydrogen-bond donors (Lipinski definition) is 2. The summed E-state index contributed by atoms with van der Waals surface area (Å²) in [4.78, 5) is 17.0. The van der Waals surface area contributed by atoms with E-state index < -0.39 is 5.60 Å². The number of nitrogens with one attached hydrogen (secondary N) is 1. The van der Waals surface area contributed by atoms with Crippen molar-refractivity contribution in [3.8, 4) is 11.3 Å². The van der Waals surface area contributed by atoms with Crippen molar-refractivity contribution in [2.75, 3.05) is 0 Å². The number of rotatable bonds is 4. The van der Waals surface area contributed by atoms with Crippen LogP contribution in [0.2, 0.25) is 0 Å². The van der Waals surface area contributed by atoms with Gasteiger partial charge >= 0.3 is 0 Å². The van der Waals surface area contributed by atoms with Crippen molar-refractivity contribution < 1.29 is 14.3 Å². The van der Waals surface area contributed by atoms with E-state index in [4.69, 9.17) is 4.42 Å². The van der Waals surface area contributed by atoms with Crippen LogP contribution in [0.25, 0.3) is 22.2 Å². The minimum absolute atomic E-state index is 0.0667. The topological polar surface area (TPSA) is 75.4 Å². The Labute approximate surface area is 158 Å². The molecule has 4 rings (SSSR count). The van der Waals surface area contributed by atoms with E-state index in [1.54, 1.807) is 12.5 Å². The van der Waals surface area contributed by atoms with Crippen LogP contribution in [0.3, 0.4) is 0 Å². The molecular weight excluding hydrogens is 340 g/mol. The molecule has 5 nitrogen and oxygen atoms in total. The van der Waals surface area contributed by atoms with Crippen LogP contribution in [0.4, 0.5) is 0 Å². The number of benzene rings is 1. The highest BCUT2D eigenvalue weighted by Crippen LogP contribution is 2.31. The van der Waals surface area contributed by atoms with Crippen LogP contribution in [0.15, 0.2) is 53.3 Å². The van der Waals surface area contributed by atoms with Gasteiger partial charge in [-0.05, 0) is 56.4 Å². The van der Waals surface area contributed by atoms with E-state index in [1.807, 2.05) is 43.3 Å². The van der Waals surface area contributed by atoms with Crippen molar-refractivity contribution in [2.45, 2.75) is 50.7 Å². The lowest BCUT2D eigenvalue weighted by Gasteiger charge is -2.35. The summed E-state index contributed by atoms with van der Waals surface area (Å²) in [7, 11) is 0. The summed E-state index contributed by atoms with van der Waals surface area (Å²) in [6.07, 6.45) is 7.28. The van der Waals surface area contributed by atoms with Gasteiger partial charge in [0.1, 0.15) is 5.58 Å². The second-order valence-corrected chi connectivity index (χ2v) is 7.39. The van der Waals surface area contributed by atoms with Crippen molar-refractivity contribution in [1.29, 1.82) is 0 Å². The van der Waals surface area contributed by atoms with Crippen molar-refractivity contribution in [3.05, 3.63) is 54.4 Å². The molecule has 1 aliphatic carbocycles. The normalized spacial score (nSPS) is 22.7. The maximum absolute atomic E-state index is 12.6. The zero-order valence-corrected chi connectivity index (χ0v) is 15.4. The molecule has 0 bridgehead atoms. The average Bonchev–Trinajstić information content (AvgIpc) is 3.19. The molecule has 0 atom stereocenters. The molecule has 140 valence electrons. The molecule has 3 aromatic rings. The van der Waals surface area contributed by atoms with Crippen molar-refractivity contribution in [3.63, 3.8) is 0 Å². The van der Waals surface area contributed by atoms with Crippen LogP contribution in [-0.4, -0.2) is 27.6 Å². The smallest absolute Gasteiger partial charge is 0.251 e. The average molecular weight is 364 g/mol. The summed E-state index contributed by atoms with van der Waals surface area (Å²) in [6.45, 7) is 2.01. The van der Waals surface area contributed by atoms with E-state index >= 15 is 0 Å². The summed E-state index contributed by atoms with van der Waals surface area (Å²) in [5, 5.41) is 14.4. The molecular formula is C22H24N2O3. The second kappa shape index (κ2) is 7.16. The van der Waals surface area contributed by atoms with E-state index in [-0.39, 0.29) is 11.9 Å². The Morgan fingerprint density at radius 1 is 1.22 bits per heavy atom. The van der Waals surface area contributed by atoms with Crippen LogP contribution < -0.4 is 5.32 Å². The first-order valence-electron chi connectivity index (χ1n) is 9.54. The molecule has 0 unspecified atom stereocenters. The van der Waals surface area contributed by atoms with Gasteiger partial charge in [0.15, 0.2) is 0 Å². The number of aliphatic hydroxyl groups is 1. The van der Waals surface area contributed by atoms with Crippen molar-refractivity contribution >= 4 is 16.9 Å². The number of carbonyl (C=O) groups excluding carboxylic acids is 1. The Bertz CT molecular complexity index is 938. The largest absolute Gasteiger partial charge is 0.464 e. The Hall–Kier alpha value is -2.66. The first-order valence-corrected chi connectivity index (χ1v) is 9.54. The molecule has 1 amide bonds. The van der Waals surface area contributed by atoms with Crippen LogP contribution in [-0.2, 0) is 0 Å². The van der Waals surface area contributed by atoms with Crippen LogP contribution in [0, 0.1) is 0 Å². The highest BCUT2D eigenvalue weighted by molar-refractivity contribution is 5.96. The lowest BCUT2D eigenvalue weighted by Crippen LogP contribution is -2.43. The van der Waals surface area contributed by atoms with E-state index in [0.717, 1.165) is 54.3 Å².